The van der Waals surface area contributed by atoms with Crippen LogP contribution in [0.1, 0.15) is 70.6 Å². The maximum Gasteiger partial charge on any atom is 0.150 e. The van der Waals surface area contributed by atoms with E-state index in [9.17, 15) is 0 Å². The summed E-state index contributed by atoms with van der Waals surface area (Å²) in [4.78, 5) is 0. The van der Waals surface area contributed by atoms with Crippen molar-refractivity contribution in [2.24, 2.45) is 5.73 Å². The first-order valence-electron chi connectivity index (χ1n) is 7.95. The van der Waals surface area contributed by atoms with Crippen molar-refractivity contribution in [3.05, 3.63) is 0 Å². The normalized spacial score (nSPS) is 12.0. The highest BCUT2D eigenvalue weighted by molar-refractivity contribution is 7.19. The Bertz CT molecular complexity index is 168. The van der Waals surface area contributed by atoms with E-state index in [-0.39, 0.29) is 0 Å². The molecule has 0 saturated heterocycles. The van der Waals surface area contributed by atoms with Crippen molar-refractivity contribution in [1.82, 2.24) is 0 Å². The largest absolute Gasteiger partial charge is 0.330 e. The van der Waals surface area contributed by atoms with Crippen LogP contribution >= 0.6 is 11.1 Å². The Morgan fingerprint density at radius 1 is 0.667 bits per heavy atom. The molecule has 0 aliphatic carbocycles. The van der Waals surface area contributed by atoms with Crippen molar-refractivity contribution in [3.63, 3.8) is 0 Å². The number of unbranched alkanes of at least 4 members (excludes halogenated alkanes) is 10. The average Bonchev–Trinajstić information content (AvgIpc) is 2.29. The lowest BCUT2D eigenvalue weighted by atomic mass is 10.1. The molecule has 0 unspecified atom stereocenters. The fourth-order valence-corrected chi connectivity index (χ4v) is 3.77. The second-order valence-electron chi connectivity index (χ2n) is 6.15. The van der Waals surface area contributed by atoms with E-state index in [1.165, 1.54) is 76.7 Å². The molecule has 0 spiro atoms. The molecule has 3 heteroatoms. The minimum atomic E-state index is -1.29. The summed E-state index contributed by atoms with van der Waals surface area (Å²) in [6.07, 6.45) is 15.2. The molecule has 0 aromatic heterocycles. The van der Waals surface area contributed by atoms with Crippen molar-refractivity contribution >= 4 is 18.5 Å². The van der Waals surface area contributed by atoms with Gasteiger partial charge < -0.3 is 5.73 Å². The standard InChI is InChI=1S/C15H34ClNSi/c1-18(2,16)15-13-11-9-7-5-3-4-6-8-10-12-14-17/h3-15,17H2,1-2H3. The smallest absolute Gasteiger partial charge is 0.150 e. The van der Waals surface area contributed by atoms with E-state index in [1.54, 1.807) is 0 Å². The van der Waals surface area contributed by atoms with Crippen LogP contribution in [0, 0.1) is 0 Å². The van der Waals surface area contributed by atoms with E-state index in [1.807, 2.05) is 0 Å². The zero-order valence-electron chi connectivity index (χ0n) is 12.6. The van der Waals surface area contributed by atoms with Gasteiger partial charge in [-0.05, 0) is 19.0 Å². The number of hydrogen-bond acceptors (Lipinski definition) is 1. The maximum atomic E-state index is 6.30. The highest BCUT2D eigenvalue weighted by atomic mass is 35.6. The topological polar surface area (TPSA) is 26.0 Å². The monoisotopic (exact) mass is 291 g/mol. The molecule has 2 N–H and O–H groups in total. The molecular formula is C15H34ClNSi. The Morgan fingerprint density at radius 2 is 1.00 bits per heavy atom. The number of nitrogens with two attached hydrogens (primary N) is 1. The van der Waals surface area contributed by atoms with Crippen LogP contribution in [0.4, 0.5) is 0 Å². The quantitative estimate of drug-likeness (QED) is 0.264. The van der Waals surface area contributed by atoms with Crippen molar-refractivity contribution in [2.75, 3.05) is 6.54 Å². The summed E-state index contributed by atoms with van der Waals surface area (Å²) in [6, 6.07) is 1.29. The van der Waals surface area contributed by atoms with Gasteiger partial charge in [0.05, 0.1) is 0 Å². The van der Waals surface area contributed by atoms with Crippen LogP contribution in [0.5, 0.6) is 0 Å². The highest BCUT2D eigenvalue weighted by Crippen LogP contribution is 2.19. The van der Waals surface area contributed by atoms with E-state index in [4.69, 9.17) is 16.8 Å². The van der Waals surface area contributed by atoms with Gasteiger partial charge in [-0.15, -0.1) is 0 Å². The van der Waals surface area contributed by atoms with E-state index in [0.29, 0.717) is 0 Å². The predicted octanol–water partition coefficient (Wildman–Crippen LogP) is 5.68. The van der Waals surface area contributed by atoms with Crippen LogP contribution in [0.3, 0.4) is 0 Å². The van der Waals surface area contributed by atoms with Gasteiger partial charge in [0, 0.05) is 0 Å². The Kier molecular flexibility index (Phi) is 12.8. The molecule has 0 radical (unpaired) electrons. The second kappa shape index (κ2) is 12.5. The lowest BCUT2D eigenvalue weighted by molar-refractivity contribution is 0.550. The molecule has 0 aromatic carbocycles. The van der Waals surface area contributed by atoms with Gasteiger partial charge in [-0.3, -0.25) is 0 Å². The van der Waals surface area contributed by atoms with Gasteiger partial charge in [0.15, 0.2) is 0 Å². The van der Waals surface area contributed by atoms with E-state index < -0.39 is 7.38 Å². The third-order valence-corrected chi connectivity index (χ3v) is 5.58. The number of rotatable bonds is 13. The number of hydrogen-bond donors (Lipinski definition) is 1. The molecule has 0 atom stereocenters. The summed E-state index contributed by atoms with van der Waals surface area (Å²) in [5.74, 6) is 0. The third-order valence-electron chi connectivity index (χ3n) is 3.48. The van der Waals surface area contributed by atoms with Gasteiger partial charge in [-0.25, -0.2) is 0 Å². The average molecular weight is 292 g/mol. The molecule has 1 nitrogen and oxygen atoms in total. The van der Waals surface area contributed by atoms with Gasteiger partial charge in [-0.2, -0.15) is 11.1 Å². The first-order chi connectivity index (χ1) is 8.56. The van der Waals surface area contributed by atoms with Crippen molar-refractivity contribution in [2.45, 2.75) is 89.8 Å². The summed E-state index contributed by atoms with van der Waals surface area (Å²) in [5, 5.41) is 0. The Morgan fingerprint density at radius 3 is 1.33 bits per heavy atom. The second-order valence-corrected chi connectivity index (χ2v) is 13.2. The van der Waals surface area contributed by atoms with Crippen LogP contribution in [0.25, 0.3) is 0 Å². The molecule has 18 heavy (non-hydrogen) atoms. The minimum absolute atomic E-state index is 0.863. The van der Waals surface area contributed by atoms with E-state index >= 15 is 0 Å². The predicted molar refractivity (Wildman–Crippen MR) is 88.0 cm³/mol. The fourth-order valence-electron chi connectivity index (χ4n) is 2.28. The molecule has 0 saturated carbocycles. The lowest BCUT2D eigenvalue weighted by Crippen LogP contribution is -2.14. The zero-order chi connectivity index (χ0) is 13.7. The minimum Gasteiger partial charge on any atom is -0.330 e. The lowest BCUT2D eigenvalue weighted by Gasteiger charge is -2.11. The van der Waals surface area contributed by atoms with E-state index in [2.05, 4.69) is 13.1 Å². The van der Waals surface area contributed by atoms with Crippen LogP contribution in [-0.2, 0) is 0 Å². The molecule has 0 heterocycles. The molecule has 0 aromatic rings. The van der Waals surface area contributed by atoms with Gasteiger partial charge in [0.25, 0.3) is 0 Å². The van der Waals surface area contributed by atoms with Gasteiger partial charge in [-0.1, -0.05) is 77.3 Å². The first-order valence-corrected chi connectivity index (χ1v) is 12.2. The number of halogens is 1. The molecule has 0 amide bonds. The molecule has 0 bridgehead atoms. The summed E-state index contributed by atoms with van der Waals surface area (Å²) in [7, 11) is -1.29. The summed E-state index contributed by atoms with van der Waals surface area (Å²) in [6.45, 7) is 5.36. The van der Waals surface area contributed by atoms with Crippen LogP contribution in [0.15, 0.2) is 0 Å². The molecule has 110 valence electrons. The summed E-state index contributed by atoms with van der Waals surface area (Å²) < 4.78 is 0. The Labute approximate surface area is 121 Å². The maximum absolute atomic E-state index is 6.30. The highest BCUT2D eigenvalue weighted by Gasteiger charge is 2.15. The van der Waals surface area contributed by atoms with Gasteiger partial charge in [0.1, 0.15) is 7.38 Å². The Hall–Kier alpha value is 0.467. The first kappa shape index (κ1) is 18.5. The van der Waals surface area contributed by atoms with Crippen LogP contribution in [-0.4, -0.2) is 13.9 Å². The SMILES string of the molecule is C[Si](C)(Cl)CCCCCCCCCCCCCN. The van der Waals surface area contributed by atoms with Crippen molar-refractivity contribution < 1.29 is 0 Å². The van der Waals surface area contributed by atoms with Crippen LogP contribution in [0.2, 0.25) is 19.1 Å². The Balaban J connectivity index is 2.99. The van der Waals surface area contributed by atoms with Crippen molar-refractivity contribution in [3.8, 4) is 0 Å². The van der Waals surface area contributed by atoms with Crippen molar-refractivity contribution in [1.29, 1.82) is 0 Å². The molecule has 0 aliphatic rings. The molecule has 0 fully saturated rings. The van der Waals surface area contributed by atoms with Crippen LogP contribution < -0.4 is 5.73 Å². The zero-order valence-corrected chi connectivity index (χ0v) is 14.4. The van der Waals surface area contributed by atoms with E-state index in [0.717, 1.165) is 6.54 Å². The third kappa shape index (κ3) is 16.5. The summed E-state index contributed by atoms with van der Waals surface area (Å²) >= 11 is 6.30. The summed E-state index contributed by atoms with van der Waals surface area (Å²) in [5.41, 5.74) is 5.47. The molecule has 0 rings (SSSR count). The van der Waals surface area contributed by atoms with Gasteiger partial charge in [0.2, 0.25) is 0 Å². The molecule has 0 aliphatic heterocycles. The molecular weight excluding hydrogens is 258 g/mol. The van der Waals surface area contributed by atoms with Gasteiger partial charge >= 0.3 is 0 Å². The fraction of sp³-hybridized carbons (Fsp3) is 1.00.